The van der Waals surface area contributed by atoms with E-state index in [4.69, 9.17) is 0 Å². The van der Waals surface area contributed by atoms with Crippen molar-refractivity contribution in [2.24, 2.45) is 0 Å². The van der Waals surface area contributed by atoms with Crippen molar-refractivity contribution < 1.29 is 4.79 Å². The first kappa shape index (κ1) is 14.1. The number of nitrogens with one attached hydrogen (secondary N) is 2. The molecule has 3 nitrogen and oxygen atoms in total. The Hall–Kier alpha value is -2.29. The van der Waals surface area contributed by atoms with Crippen LogP contribution in [0.4, 0.5) is 10.5 Å². The second-order valence-corrected chi connectivity index (χ2v) is 4.78. The molecular formula is C17H20N2O. The molecule has 20 heavy (non-hydrogen) atoms. The number of carbonyl (C=O) groups excluding carboxylic acids is 1. The van der Waals surface area contributed by atoms with E-state index in [1.807, 2.05) is 55.5 Å². The summed E-state index contributed by atoms with van der Waals surface area (Å²) in [5.41, 5.74) is 4.38. The average molecular weight is 268 g/mol. The van der Waals surface area contributed by atoms with Gasteiger partial charge in [-0.1, -0.05) is 43.3 Å². The molecule has 2 rings (SSSR count). The lowest BCUT2D eigenvalue weighted by Gasteiger charge is -2.09. The van der Waals surface area contributed by atoms with Crippen molar-refractivity contribution in [3.63, 3.8) is 0 Å². The lowest BCUT2D eigenvalue weighted by molar-refractivity contribution is 0.251. The third-order valence-corrected chi connectivity index (χ3v) is 3.32. The molecule has 0 bridgehead atoms. The van der Waals surface area contributed by atoms with Crippen LogP contribution in [0, 0.1) is 6.92 Å². The summed E-state index contributed by atoms with van der Waals surface area (Å²) >= 11 is 0. The van der Waals surface area contributed by atoms with E-state index in [1.165, 1.54) is 11.1 Å². The van der Waals surface area contributed by atoms with Crippen LogP contribution in [0.1, 0.15) is 23.6 Å². The van der Waals surface area contributed by atoms with Crippen LogP contribution in [-0.4, -0.2) is 6.03 Å². The Morgan fingerprint density at radius 3 is 2.40 bits per heavy atom. The first-order valence-corrected chi connectivity index (χ1v) is 6.87. The van der Waals surface area contributed by atoms with Crippen LogP contribution >= 0.6 is 0 Å². The van der Waals surface area contributed by atoms with Gasteiger partial charge in [-0.05, 0) is 42.2 Å². The number of amides is 2. The maximum Gasteiger partial charge on any atom is 0.319 e. The molecule has 3 heteroatoms. The molecule has 2 N–H and O–H groups in total. The van der Waals surface area contributed by atoms with Crippen LogP contribution in [0.2, 0.25) is 0 Å². The number of hydrogen-bond acceptors (Lipinski definition) is 1. The van der Waals surface area contributed by atoms with Crippen LogP contribution in [-0.2, 0) is 13.0 Å². The van der Waals surface area contributed by atoms with Gasteiger partial charge in [-0.3, -0.25) is 0 Å². The van der Waals surface area contributed by atoms with Crippen LogP contribution in [0.5, 0.6) is 0 Å². The Bertz CT molecular complexity index is 576. The second-order valence-electron chi connectivity index (χ2n) is 4.78. The summed E-state index contributed by atoms with van der Waals surface area (Å²) in [5.74, 6) is 0. The fraction of sp³-hybridized carbons (Fsp3) is 0.235. The van der Waals surface area contributed by atoms with Crippen LogP contribution < -0.4 is 10.6 Å². The van der Waals surface area contributed by atoms with Gasteiger partial charge < -0.3 is 10.6 Å². The summed E-state index contributed by atoms with van der Waals surface area (Å²) < 4.78 is 0. The predicted octanol–water partition coefficient (Wildman–Crippen LogP) is 3.88. The second kappa shape index (κ2) is 6.75. The molecule has 2 amide bonds. The van der Waals surface area contributed by atoms with E-state index in [2.05, 4.69) is 17.6 Å². The molecule has 0 atom stereocenters. The van der Waals surface area contributed by atoms with Gasteiger partial charge in [0.25, 0.3) is 0 Å². The first-order chi connectivity index (χ1) is 9.69. The highest BCUT2D eigenvalue weighted by Gasteiger charge is 2.03. The van der Waals surface area contributed by atoms with E-state index in [9.17, 15) is 4.79 Å². The molecule has 0 aromatic heterocycles. The van der Waals surface area contributed by atoms with Crippen molar-refractivity contribution >= 4 is 11.7 Å². The van der Waals surface area contributed by atoms with Gasteiger partial charge in [-0.2, -0.15) is 0 Å². The lowest BCUT2D eigenvalue weighted by atomic mass is 10.1. The summed E-state index contributed by atoms with van der Waals surface area (Å²) in [7, 11) is 0. The van der Waals surface area contributed by atoms with Crippen LogP contribution in [0.25, 0.3) is 0 Å². The SMILES string of the molecule is CCc1ccc(NC(=O)NCc2ccccc2C)cc1. The number of aryl methyl sites for hydroxylation is 2. The van der Waals surface area contributed by atoms with E-state index < -0.39 is 0 Å². The number of urea groups is 1. The molecule has 0 aliphatic rings. The minimum Gasteiger partial charge on any atom is -0.334 e. The number of benzene rings is 2. The zero-order chi connectivity index (χ0) is 14.4. The van der Waals surface area contributed by atoms with E-state index in [0.717, 1.165) is 17.7 Å². The van der Waals surface area contributed by atoms with Crippen LogP contribution in [0.3, 0.4) is 0 Å². The Labute approximate surface area is 120 Å². The average Bonchev–Trinajstić information content (AvgIpc) is 2.47. The zero-order valence-electron chi connectivity index (χ0n) is 11.9. The quantitative estimate of drug-likeness (QED) is 0.868. The highest BCUT2D eigenvalue weighted by molar-refractivity contribution is 5.89. The first-order valence-electron chi connectivity index (χ1n) is 6.87. The zero-order valence-corrected chi connectivity index (χ0v) is 11.9. The molecule has 0 aliphatic heterocycles. The molecule has 104 valence electrons. The van der Waals surface area contributed by atoms with Crippen molar-refractivity contribution in [2.75, 3.05) is 5.32 Å². The molecule has 0 unspecified atom stereocenters. The standard InChI is InChI=1S/C17H20N2O/c1-3-14-8-10-16(11-9-14)19-17(20)18-12-15-7-5-4-6-13(15)2/h4-11H,3,12H2,1-2H3,(H2,18,19,20). The minimum absolute atomic E-state index is 0.183. The number of rotatable bonds is 4. The Morgan fingerprint density at radius 1 is 1.05 bits per heavy atom. The van der Waals surface area contributed by atoms with Crippen molar-refractivity contribution in [1.29, 1.82) is 0 Å². The van der Waals surface area contributed by atoms with Gasteiger partial charge in [0.2, 0.25) is 0 Å². The molecule has 0 fully saturated rings. The smallest absolute Gasteiger partial charge is 0.319 e. The Balaban J connectivity index is 1.87. The van der Waals surface area contributed by atoms with Gasteiger partial charge in [0.05, 0.1) is 0 Å². The summed E-state index contributed by atoms with van der Waals surface area (Å²) in [5, 5.41) is 5.70. The summed E-state index contributed by atoms with van der Waals surface area (Å²) in [4.78, 5) is 11.8. The van der Waals surface area contributed by atoms with Crippen molar-refractivity contribution in [3.8, 4) is 0 Å². The summed E-state index contributed by atoms with van der Waals surface area (Å²) in [6.07, 6.45) is 1.000. The predicted molar refractivity (Wildman–Crippen MR) is 82.9 cm³/mol. The Morgan fingerprint density at radius 2 is 1.75 bits per heavy atom. The largest absolute Gasteiger partial charge is 0.334 e. The van der Waals surface area contributed by atoms with Gasteiger partial charge in [-0.25, -0.2) is 4.79 Å². The van der Waals surface area contributed by atoms with Gasteiger partial charge in [0.15, 0.2) is 0 Å². The number of anilines is 1. The van der Waals surface area contributed by atoms with Crippen LogP contribution in [0.15, 0.2) is 48.5 Å². The fourth-order valence-corrected chi connectivity index (χ4v) is 1.98. The third kappa shape index (κ3) is 3.85. The molecule has 2 aromatic carbocycles. The fourth-order valence-electron chi connectivity index (χ4n) is 1.98. The number of carbonyl (C=O) groups is 1. The van der Waals surface area contributed by atoms with E-state index in [-0.39, 0.29) is 6.03 Å². The topological polar surface area (TPSA) is 41.1 Å². The number of hydrogen-bond donors (Lipinski definition) is 2. The van der Waals surface area contributed by atoms with E-state index >= 15 is 0 Å². The van der Waals surface area contributed by atoms with Gasteiger partial charge >= 0.3 is 6.03 Å². The molecule has 0 heterocycles. The van der Waals surface area contributed by atoms with Crippen molar-refractivity contribution in [3.05, 3.63) is 65.2 Å². The monoisotopic (exact) mass is 268 g/mol. The molecule has 0 saturated heterocycles. The maximum absolute atomic E-state index is 11.8. The minimum atomic E-state index is -0.183. The molecular weight excluding hydrogens is 248 g/mol. The summed E-state index contributed by atoms with van der Waals surface area (Å²) in [6.45, 7) is 4.68. The van der Waals surface area contributed by atoms with Gasteiger partial charge in [0.1, 0.15) is 0 Å². The molecule has 0 radical (unpaired) electrons. The third-order valence-electron chi connectivity index (χ3n) is 3.32. The van der Waals surface area contributed by atoms with Crippen molar-refractivity contribution in [2.45, 2.75) is 26.8 Å². The normalized spacial score (nSPS) is 10.1. The van der Waals surface area contributed by atoms with E-state index in [0.29, 0.717) is 6.54 Å². The van der Waals surface area contributed by atoms with Gasteiger partial charge in [-0.15, -0.1) is 0 Å². The lowest BCUT2D eigenvalue weighted by Crippen LogP contribution is -2.28. The maximum atomic E-state index is 11.8. The molecule has 0 saturated carbocycles. The van der Waals surface area contributed by atoms with Crippen molar-refractivity contribution in [1.82, 2.24) is 5.32 Å². The molecule has 0 aliphatic carbocycles. The Kier molecular flexibility index (Phi) is 4.77. The molecule has 2 aromatic rings. The van der Waals surface area contributed by atoms with E-state index in [1.54, 1.807) is 0 Å². The highest BCUT2D eigenvalue weighted by Crippen LogP contribution is 2.10. The van der Waals surface area contributed by atoms with Gasteiger partial charge in [0, 0.05) is 12.2 Å². The summed E-state index contributed by atoms with van der Waals surface area (Å²) in [6, 6.07) is 15.7. The molecule has 0 spiro atoms. The highest BCUT2D eigenvalue weighted by atomic mass is 16.2.